The van der Waals surface area contributed by atoms with E-state index < -0.39 is 0 Å². The molecule has 3 rings (SSSR count). The maximum Gasteiger partial charge on any atom is 0.0972 e. The largest absolute Gasteiger partial charge is 0.259 e. The first kappa shape index (κ1) is 11.6. The Kier molecular flexibility index (Phi) is 2.97. The second-order valence-corrected chi connectivity index (χ2v) is 6.29. The summed E-state index contributed by atoms with van der Waals surface area (Å²) in [6, 6.07) is 0. The second-order valence-electron chi connectivity index (χ2n) is 5.49. The molecule has 0 N–H and O–H groups in total. The minimum Gasteiger partial charge on any atom is -0.259 e. The number of hydrogen-bond donors (Lipinski definition) is 0. The molecule has 3 heteroatoms. The summed E-state index contributed by atoms with van der Waals surface area (Å²) in [6.07, 6.45) is 11.8. The van der Waals surface area contributed by atoms with Gasteiger partial charge in [-0.2, -0.15) is 5.10 Å². The van der Waals surface area contributed by atoms with Crippen LogP contribution in [0.2, 0.25) is 0 Å². The average molecular weight is 250 g/mol. The summed E-state index contributed by atoms with van der Waals surface area (Å²) in [5.74, 6) is 0. The van der Waals surface area contributed by atoms with E-state index >= 15 is 0 Å². The van der Waals surface area contributed by atoms with Crippen molar-refractivity contribution in [3.05, 3.63) is 11.3 Å². The van der Waals surface area contributed by atoms with Crippen LogP contribution in [0.25, 0.3) is 0 Å². The van der Waals surface area contributed by atoms with Crippen molar-refractivity contribution in [3.8, 4) is 0 Å². The van der Waals surface area contributed by atoms with Gasteiger partial charge in [-0.1, -0.05) is 19.3 Å². The Balaban J connectivity index is 2.04. The quantitative estimate of drug-likeness (QED) is 0.744. The molecule has 94 valence electrons. The molecule has 0 radical (unpaired) electrons. The first-order valence-electron chi connectivity index (χ1n) is 6.95. The van der Waals surface area contributed by atoms with Crippen molar-refractivity contribution < 1.29 is 0 Å². The van der Waals surface area contributed by atoms with Gasteiger partial charge in [-0.05, 0) is 38.9 Å². The second kappa shape index (κ2) is 4.34. The van der Waals surface area contributed by atoms with Crippen LogP contribution in [-0.4, -0.2) is 16.0 Å². The van der Waals surface area contributed by atoms with Crippen LogP contribution in [0.1, 0.15) is 56.7 Å². The first-order valence-corrected chi connectivity index (χ1v) is 8.17. The van der Waals surface area contributed by atoms with Crippen molar-refractivity contribution in [1.82, 2.24) is 9.78 Å². The van der Waals surface area contributed by atoms with Gasteiger partial charge in [-0.15, -0.1) is 11.8 Å². The van der Waals surface area contributed by atoms with Gasteiger partial charge in [0.05, 0.1) is 10.7 Å². The van der Waals surface area contributed by atoms with Crippen molar-refractivity contribution in [2.45, 2.75) is 68.9 Å². The van der Waals surface area contributed by atoms with Gasteiger partial charge in [0.15, 0.2) is 0 Å². The summed E-state index contributed by atoms with van der Waals surface area (Å²) < 4.78 is 2.23. The van der Waals surface area contributed by atoms with E-state index in [-0.39, 0.29) is 0 Å². The molecule has 0 amide bonds. The highest BCUT2D eigenvalue weighted by Gasteiger charge is 2.43. The Morgan fingerprint density at radius 3 is 2.65 bits per heavy atom. The molecule has 2 aliphatic carbocycles. The normalized spacial score (nSPS) is 22.0. The van der Waals surface area contributed by atoms with Crippen molar-refractivity contribution in [2.75, 3.05) is 6.26 Å². The molecule has 0 saturated heterocycles. The van der Waals surface area contributed by atoms with Gasteiger partial charge in [-0.3, -0.25) is 4.68 Å². The van der Waals surface area contributed by atoms with Gasteiger partial charge in [0.25, 0.3) is 0 Å². The minimum atomic E-state index is 0.471. The Morgan fingerprint density at radius 2 is 2.00 bits per heavy atom. The maximum absolute atomic E-state index is 4.95. The number of fused-ring (bicyclic) bond motifs is 2. The fraction of sp³-hybridized carbons (Fsp3) is 0.786. The van der Waals surface area contributed by atoms with Gasteiger partial charge in [0, 0.05) is 17.5 Å². The van der Waals surface area contributed by atoms with Gasteiger partial charge >= 0.3 is 0 Å². The Morgan fingerprint density at radius 1 is 1.24 bits per heavy atom. The summed E-state index contributed by atoms with van der Waals surface area (Å²) in [5.41, 5.74) is 3.53. The number of rotatable bonds is 2. The zero-order chi connectivity index (χ0) is 11.9. The Labute approximate surface area is 108 Å². The fourth-order valence-corrected chi connectivity index (χ4v) is 4.60. The molecule has 1 heterocycles. The molecular formula is C14H22N2S. The molecule has 0 unspecified atom stereocenters. The van der Waals surface area contributed by atoms with Crippen LogP contribution >= 0.6 is 11.8 Å². The number of hydrogen-bond acceptors (Lipinski definition) is 2. The van der Waals surface area contributed by atoms with Crippen LogP contribution in [-0.2, 0) is 18.4 Å². The van der Waals surface area contributed by atoms with Gasteiger partial charge in [-0.25, -0.2) is 0 Å². The van der Waals surface area contributed by atoms with E-state index in [9.17, 15) is 0 Å². The summed E-state index contributed by atoms with van der Waals surface area (Å²) in [5, 5.41) is 6.39. The SMILES string of the molecule is CCn1nc2c(c1SC)CCC21CCCCC1. The summed E-state index contributed by atoms with van der Waals surface area (Å²) in [4.78, 5) is 0. The lowest BCUT2D eigenvalue weighted by Gasteiger charge is -2.32. The smallest absolute Gasteiger partial charge is 0.0972 e. The molecule has 17 heavy (non-hydrogen) atoms. The van der Waals surface area contributed by atoms with E-state index in [0.29, 0.717) is 5.41 Å². The predicted molar refractivity (Wildman–Crippen MR) is 72.8 cm³/mol. The highest BCUT2D eigenvalue weighted by atomic mass is 32.2. The highest BCUT2D eigenvalue weighted by Crippen LogP contribution is 2.50. The van der Waals surface area contributed by atoms with E-state index in [4.69, 9.17) is 5.10 Å². The monoisotopic (exact) mass is 250 g/mol. The predicted octanol–water partition coefficient (Wildman–Crippen LogP) is 3.77. The molecular weight excluding hydrogens is 228 g/mol. The molecule has 2 nitrogen and oxygen atoms in total. The van der Waals surface area contributed by atoms with Crippen LogP contribution in [0, 0.1) is 0 Å². The molecule has 1 aromatic rings. The highest BCUT2D eigenvalue weighted by molar-refractivity contribution is 7.98. The zero-order valence-electron chi connectivity index (χ0n) is 11.0. The lowest BCUT2D eigenvalue weighted by molar-refractivity contribution is 0.281. The molecule has 1 fully saturated rings. The van der Waals surface area contributed by atoms with Crippen LogP contribution in [0.3, 0.4) is 0 Å². The van der Waals surface area contributed by atoms with Crippen LogP contribution in [0.5, 0.6) is 0 Å². The molecule has 0 aromatic carbocycles. The Bertz CT molecular complexity index is 416. The van der Waals surface area contributed by atoms with Gasteiger partial charge in [0.2, 0.25) is 0 Å². The third-order valence-electron chi connectivity index (χ3n) is 4.66. The summed E-state index contributed by atoms with van der Waals surface area (Å²) in [6.45, 7) is 3.22. The van der Waals surface area contributed by atoms with Gasteiger partial charge < -0.3 is 0 Å². The van der Waals surface area contributed by atoms with Crippen molar-refractivity contribution >= 4 is 11.8 Å². The lowest BCUT2D eigenvalue weighted by atomic mass is 9.72. The van der Waals surface area contributed by atoms with E-state index in [0.717, 1.165) is 6.54 Å². The number of aryl methyl sites for hydroxylation is 1. The topological polar surface area (TPSA) is 17.8 Å². The van der Waals surface area contributed by atoms with Crippen LogP contribution in [0.4, 0.5) is 0 Å². The minimum absolute atomic E-state index is 0.471. The van der Waals surface area contributed by atoms with Crippen molar-refractivity contribution in [2.24, 2.45) is 0 Å². The molecule has 1 saturated carbocycles. The average Bonchev–Trinajstić information content (AvgIpc) is 2.89. The van der Waals surface area contributed by atoms with E-state index in [2.05, 4.69) is 17.9 Å². The first-order chi connectivity index (χ1) is 8.30. The van der Waals surface area contributed by atoms with E-state index in [1.54, 1.807) is 5.56 Å². The van der Waals surface area contributed by atoms with Crippen molar-refractivity contribution in [3.63, 3.8) is 0 Å². The molecule has 1 spiro atoms. The molecule has 1 aromatic heterocycles. The molecule has 2 aliphatic rings. The van der Waals surface area contributed by atoms with E-state index in [1.807, 2.05) is 11.8 Å². The molecule has 0 bridgehead atoms. The number of nitrogens with zero attached hydrogens (tertiary/aromatic N) is 2. The lowest BCUT2D eigenvalue weighted by Crippen LogP contribution is -2.27. The van der Waals surface area contributed by atoms with E-state index in [1.165, 1.54) is 55.7 Å². The molecule has 0 atom stereocenters. The third-order valence-corrected chi connectivity index (χ3v) is 5.50. The molecule has 0 aliphatic heterocycles. The fourth-order valence-electron chi connectivity index (χ4n) is 3.78. The standard InChI is InChI=1S/C14H22N2S/c1-3-16-13(17-2)11-7-10-14(12(11)15-16)8-5-4-6-9-14/h3-10H2,1-2H3. The van der Waals surface area contributed by atoms with Crippen LogP contribution < -0.4 is 0 Å². The number of thioether (sulfide) groups is 1. The Hall–Kier alpha value is -0.440. The van der Waals surface area contributed by atoms with Crippen LogP contribution in [0.15, 0.2) is 5.03 Å². The zero-order valence-corrected chi connectivity index (χ0v) is 11.8. The van der Waals surface area contributed by atoms with Crippen molar-refractivity contribution in [1.29, 1.82) is 0 Å². The summed E-state index contributed by atoms with van der Waals surface area (Å²) in [7, 11) is 0. The van der Waals surface area contributed by atoms with Gasteiger partial charge in [0.1, 0.15) is 0 Å². The summed E-state index contributed by atoms with van der Waals surface area (Å²) >= 11 is 1.88. The third kappa shape index (κ3) is 1.66. The maximum atomic E-state index is 4.95. The number of aromatic nitrogens is 2.